The SMILES string of the molecule is CCCCN(CCCC)CC(=O)N(CCCC)CCCC. The van der Waals surface area contributed by atoms with Crippen molar-refractivity contribution in [1.29, 1.82) is 0 Å². The minimum Gasteiger partial charge on any atom is -0.342 e. The van der Waals surface area contributed by atoms with Crippen LogP contribution in [0.1, 0.15) is 79.1 Å². The highest BCUT2D eigenvalue weighted by Crippen LogP contribution is 2.04. The molecule has 0 radical (unpaired) electrons. The Morgan fingerprint density at radius 3 is 1.43 bits per heavy atom. The lowest BCUT2D eigenvalue weighted by molar-refractivity contribution is -0.132. The topological polar surface area (TPSA) is 23.6 Å². The van der Waals surface area contributed by atoms with Gasteiger partial charge in [-0.15, -0.1) is 0 Å². The minimum absolute atomic E-state index is 0.337. The number of carbonyl (C=O) groups excluding carboxylic acids is 1. The minimum atomic E-state index is 0.337. The second-order valence-electron chi connectivity index (χ2n) is 6.07. The van der Waals surface area contributed by atoms with Crippen LogP contribution < -0.4 is 0 Å². The average Bonchev–Trinajstić information content (AvgIpc) is 2.49. The van der Waals surface area contributed by atoms with Gasteiger partial charge in [0.2, 0.25) is 5.91 Å². The molecule has 0 atom stereocenters. The zero-order valence-electron chi connectivity index (χ0n) is 15.0. The lowest BCUT2D eigenvalue weighted by Gasteiger charge is -2.27. The number of amides is 1. The van der Waals surface area contributed by atoms with E-state index in [1.807, 2.05) is 0 Å². The van der Waals surface area contributed by atoms with Crippen LogP contribution in [0.25, 0.3) is 0 Å². The monoisotopic (exact) mass is 298 g/mol. The van der Waals surface area contributed by atoms with Gasteiger partial charge in [-0.3, -0.25) is 9.69 Å². The second-order valence-corrected chi connectivity index (χ2v) is 6.07. The van der Waals surface area contributed by atoms with Crippen molar-refractivity contribution in [2.45, 2.75) is 79.1 Å². The Morgan fingerprint density at radius 2 is 1.05 bits per heavy atom. The van der Waals surface area contributed by atoms with E-state index < -0.39 is 0 Å². The van der Waals surface area contributed by atoms with Gasteiger partial charge in [0.25, 0.3) is 0 Å². The molecule has 0 aliphatic heterocycles. The normalized spacial score (nSPS) is 11.1. The molecule has 0 aromatic heterocycles. The van der Waals surface area contributed by atoms with Gasteiger partial charge in [0.15, 0.2) is 0 Å². The highest BCUT2D eigenvalue weighted by atomic mass is 16.2. The van der Waals surface area contributed by atoms with Crippen molar-refractivity contribution in [2.24, 2.45) is 0 Å². The molecule has 21 heavy (non-hydrogen) atoms. The molecule has 126 valence electrons. The fourth-order valence-corrected chi connectivity index (χ4v) is 2.38. The Kier molecular flexibility index (Phi) is 14.0. The van der Waals surface area contributed by atoms with E-state index in [-0.39, 0.29) is 0 Å². The molecule has 0 unspecified atom stereocenters. The van der Waals surface area contributed by atoms with Crippen LogP contribution in [0, 0.1) is 0 Å². The van der Waals surface area contributed by atoms with Crippen molar-refractivity contribution >= 4 is 5.91 Å². The Labute approximate surface area is 133 Å². The Bertz CT molecular complexity index is 227. The predicted molar refractivity (Wildman–Crippen MR) is 92.7 cm³/mol. The summed E-state index contributed by atoms with van der Waals surface area (Å²) in [6.45, 7) is 13.4. The molecule has 0 spiro atoms. The van der Waals surface area contributed by atoms with Gasteiger partial charge < -0.3 is 4.90 Å². The molecule has 3 nitrogen and oxygen atoms in total. The predicted octanol–water partition coefficient (Wildman–Crippen LogP) is 4.32. The molecule has 0 aliphatic carbocycles. The lowest BCUT2D eigenvalue weighted by Crippen LogP contribution is -2.42. The van der Waals surface area contributed by atoms with Crippen LogP contribution in [0.3, 0.4) is 0 Å². The Balaban J connectivity index is 4.40. The average molecular weight is 299 g/mol. The first-order valence-corrected chi connectivity index (χ1v) is 9.19. The fraction of sp³-hybridized carbons (Fsp3) is 0.944. The summed E-state index contributed by atoms with van der Waals surface area (Å²) < 4.78 is 0. The van der Waals surface area contributed by atoms with Crippen molar-refractivity contribution < 1.29 is 4.79 Å². The Morgan fingerprint density at radius 1 is 0.667 bits per heavy atom. The standard InChI is InChI=1S/C18H38N2O/c1-5-9-13-19(14-10-6-2)17-18(21)20(15-11-7-3)16-12-8-4/h5-17H2,1-4H3. The number of nitrogens with zero attached hydrogens (tertiary/aromatic N) is 2. The molecule has 0 aromatic carbocycles. The summed E-state index contributed by atoms with van der Waals surface area (Å²) in [5.41, 5.74) is 0. The quantitative estimate of drug-likeness (QED) is 0.477. The number of rotatable bonds is 14. The van der Waals surface area contributed by atoms with E-state index in [1.54, 1.807) is 0 Å². The van der Waals surface area contributed by atoms with E-state index >= 15 is 0 Å². The summed E-state index contributed by atoms with van der Waals surface area (Å²) in [4.78, 5) is 17.0. The first-order chi connectivity index (χ1) is 10.2. The van der Waals surface area contributed by atoms with E-state index in [0.29, 0.717) is 12.5 Å². The lowest BCUT2D eigenvalue weighted by atomic mass is 10.2. The molecule has 0 saturated heterocycles. The smallest absolute Gasteiger partial charge is 0.236 e. The van der Waals surface area contributed by atoms with Crippen LogP contribution in [0.5, 0.6) is 0 Å². The van der Waals surface area contributed by atoms with Gasteiger partial charge in [-0.25, -0.2) is 0 Å². The number of hydrogen-bond acceptors (Lipinski definition) is 2. The molecule has 3 heteroatoms. The van der Waals surface area contributed by atoms with E-state index in [9.17, 15) is 4.79 Å². The van der Waals surface area contributed by atoms with Gasteiger partial charge in [0.05, 0.1) is 6.54 Å². The van der Waals surface area contributed by atoms with Crippen molar-refractivity contribution in [3.05, 3.63) is 0 Å². The number of carbonyl (C=O) groups is 1. The number of unbranched alkanes of at least 4 members (excludes halogenated alkanes) is 4. The van der Waals surface area contributed by atoms with Crippen LogP contribution in [-0.4, -0.2) is 48.4 Å². The van der Waals surface area contributed by atoms with E-state index in [2.05, 4.69) is 37.5 Å². The summed E-state index contributed by atoms with van der Waals surface area (Å²) in [6.07, 6.45) is 9.36. The second kappa shape index (κ2) is 14.4. The summed E-state index contributed by atoms with van der Waals surface area (Å²) in [6, 6.07) is 0. The molecular weight excluding hydrogens is 260 g/mol. The van der Waals surface area contributed by atoms with Crippen molar-refractivity contribution in [3.8, 4) is 0 Å². The molecule has 0 N–H and O–H groups in total. The largest absolute Gasteiger partial charge is 0.342 e. The van der Waals surface area contributed by atoms with Crippen LogP contribution in [0.15, 0.2) is 0 Å². The van der Waals surface area contributed by atoms with E-state index in [0.717, 1.165) is 51.9 Å². The first kappa shape index (κ1) is 20.4. The fourth-order valence-electron chi connectivity index (χ4n) is 2.38. The summed E-state index contributed by atoms with van der Waals surface area (Å²) in [5, 5.41) is 0. The first-order valence-electron chi connectivity index (χ1n) is 9.19. The molecule has 0 saturated carbocycles. The van der Waals surface area contributed by atoms with Crippen LogP contribution in [0.4, 0.5) is 0 Å². The highest BCUT2D eigenvalue weighted by Gasteiger charge is 2.16. The van der Waals surface area contributed by atoms with Crippen molar-refractivity contribution in [2.75, 3.05) is 32.7 Å². The van der Waals surface area contributed by atoms with Gasteiger partial charge in [-0.05, 0) is 38.8 Å². The van der Waals surface area contributed by atoms with E-state index in [1.165, 1.54) is 25.7 Å². The van der Waals surface area contributed by atoms with Gasteiger partial charge in [0.1, 0.15) is 0 Å². The molecule has 0 fully saturated rings. The summed E-state index contributed by atoms with van der Waals surface area (Å²) in [7, 11) is 0. The molecular formula is C18H38N2O. The molecule has 0 aromatic rings. The van der Waals surface area contributed by atoms with Gasteiger partial charge in [-0.1, -0.05) is 53.4 Å². The third-order valence-electron chi connectivity index (χ3n) is 3.93. The Hall–Kier alpha value is -0.570. The van der Waals surface area contributed by atoms with Crippen LogP contribution >= 0.6 is 0 Å². The van der Waals surface area contributed by atoms with Crippen molar-refractivity contribution in [3.63, 3.8) is 0 Å². The summed E-state index contributed by atoms with van der Waals surface area (Å²) >= 11 is 0. The third-order valence-corrected chi connectivity index (χ3v) is 3.93. The van der Waals surface area contributed by atoms with Crippen molar-refractivity contribution in [1.82, 2.24) is 9.80 Å². The maximum atomic E-state index is 12.6. The molecule has 0 aliphatic rings. The maximum Gasteiger partial charge on any atom is 0.236 e. The molecule has 0 bridgehead atoms. The molecule has 1 amide bonds. The van der Waals surface area contributed by atoms with Gasteiger partial charge >= 0.3 is 0 Å². The zero-order chi connectivity index (χ0) is 15.9. The van der Waals surface area contributed by atoms with Gasteiger partial charge in [0, 0.05) is 13.1 Å². The third kappa shape index (κ3) is 10.8. The van der Waals surface area contributed by atoms with Crippen LogP contribution in [-0.2, 0) is 4.79 Å². The van der Waals surface area contributed by atoms with E-state index in [4.69, 9.17) is 0 Å². The molecule has 0 rings (SSSR count). The zero-order valence-corrected chi connectivity index (χ0v) is 15.0. The maximum absolute atomic E-state index is 12.6. The van der Waals surface area contributed by atoms with Crippen LogP contribution in [0.2, 0.25) is 0 Å². The summed E-state index contributed by atoms with van der Waals surface area (Å²) in [5.74, 6) is 0.337. The number of hydrogen-bond donors (Lipinski definition) is 0. The molecule has 0 heterocycles. The van der Waals surface area contributed by atoms with Gasteiger partial charge in [-0.2, -0.15) is 0 Å². The highest BCUT2D eigenvalue weighted by molar-refractivity contribution is 5.78.